The molecule has 3 heteroatoms. The van der Waals surface area contributed by atoms with E-state index in [1.54, 1.807) is 0 Å². The zero-order valence-corrected chi connectivity index (χ0v) is 12.3. The van der Waals surface area contributed by atoms with Crippen molar-refractivity contribution in [3.8, 4) is 0 Å². The van der Waals surface area contributed by atoms with Crippen molar-refractivity contribution in [2.45, 2.75) is 52.2 Å². The van der Waals surface area contributed by atoms with Gasteiger partial charge in [0.2, 0.25) is 0 Å². The Morgan fingerprint density at radius 3 is 2.89 bits per heavy atom. The molecule has 18 heavy (non-hydrogen) atoms. The number of hydrogen-bond donors (Lipinski definition) is 1. The number of nitrogens with one attached hydrogen (secondary N) is 1. The molecule has 0 aromatic heterocycles. The molecule has 2 heterocycles. The Kier molecular flexibility index (Phi) is 5.46. The summed E-state index contributed by atoms with van der Waals surface area (Å²) in [5.74, 6) is 1.55. The van der Waals surface area contributed by atoms with E-state index in [0.717, 1.165) is 25.0 Å². The Hall–Kier alpha value is -0.120. The first-order valence-electron chi connectivity index (χ1n) is 7.78. The molecule has 0 aliphatic carbocycles. The Labute approximate surface area is 112 Å². The molecule has 0 spiro atoms. The number of rotatable bonds is 5. The molecule has 2 aliphatic rings. The van der Waals surface area contributed by atoms with E-state index < -0.39 is 0 Å². The quantitative estimate of drug-likeness (QED) is 0.813. The van der Waals surface area contributed by atoms with Crippen LogP contribution in [0, 0.1) is 11.8 Å². The fraction of sp³-hybridized carbons (Fsp3) is 1.00. The maximum atomic E-state index is 5.63. The smallest absolute Gasteiger partial charge is 0.0588 e. The van der Waals surface area contributed by atoms with E-state index in [4.69, 9.17) is 4.74 Å². The second-order valence-electron chi connectivity index (χ2n) is 6.12. The van der Waals surface area contributed by atoms with E-state index in [0.29, 0.717) is 12.1 Å². The third kappa shape index (κ3) is 3.69. The molecule has 0 radical (unpaired) electrons. The van der Waals surface area contributed by atoms with Gasteiger partial charge in [-0.25, -0.2) is 0 Å². The summed E-state index contributed by atoms with van der Waals surface area (Å²) in [6.07, 6.45) is 4.43. The Balaban J connectivity index is 1.71. The maximum absolute atomic E-state index is 5.63. The Bertz CT molecular complexity index is 247. The van der Waals surface area contributed by atoms with Crippen molar-refractivity contribution in [1.29, 1.82) is 0 Å². The van der Waals surface area contributed by atoms with Gasteiger partial charge in [0.05, 0.1) is 6.10 Å². The average molecular weight is 254 g/mol. The summed E-state index contributed by atoms with van der Waals surface area (Å²) in [6.45, 7) is 12.7. The van der Waals surface area contributed by atoms with Gasteiger partial charge in [0.25, 0.3) is 0 Å². The molecule has 0 saturated carbocycles. The standard InChI is InChI=1S/C15H30N2O/c1-4-17-8-5-6-15(11-17)12(2)16-10-14-7-9-18-13(14)3/h12-16H,4-11H2,1-3H3. The summed E-state index contributed by atoms with van der Waals surface area (Å²) in [7, 11) is 0. The molecule has 3 nitrogen and oxygen atoms in total. The number of piperidine rings is 1. The molecule has 0 bridgehead atoms. The van der Waals surface area contributed by atoms with Crippen LogP contribution in [-0.2, 0) is 4.74 Å². The molecule has 1 N–H and O–H groups in total. The lowest BCUT2D eigenvalue weighted by Gasteiger charge is -2.36. The summed E-state index contributed by atoms with van der Waals surface area (Å²) in [4.78, 5) is 2.59. The average Bonchev–Trinajstić information content (AvgIpc) is 2.81. The van der Waals surface area contributed by atoms with Crippen molar-refractivity contribution in [3.63, 3.8) is 0 Å². The van der Waals surface area contributed by atoms with Crippen LogP contribution in [0.15, 0.2) is 0 Å². The minimum atomic E-state index is 0.447. The zero-order chi connectivity index (χ0) is 13.0. The third-order valence-electron chi connectivity index (χ3n) is 4.93. The summed E-state index contributed by atoms with van der Waals surface area (Å²) >= 11 is 0. The third-order valence-corrected chi connectivity index (χ3v) is 4.93. The van der Waals surface area contributed by atoms with Gasteiger partial charge in [-0.3, -0.25) is 0 Å². The Morgan fingerprint density at radius 2 is 2.22 bits per heavy atom. The second-order valence-corrected chi connectivity index (χ2v) is 6.12. The van der Waals surface area contributed by atoms with Crippen LogP contribution in [0.2, 0.25) is 0 Å². The monoisotopic (exact) mass is 254 g/mol. The lowest BCUT2D eigenvalue weighted by molar-refractivity contribution is 0.102. The molecule has 0 aromatic rings. The summed E-state index contributed by atoms with van der Waals surface area (Å²) in [5, 5.41) is 3.76. The van der Waals surface area contributed by atoms with Crippen LogP contribution in [-0.4, -0.2) is 49.8 Å². The van der Waals surface area contributed by atoms with E-state index in [-0.39, 0.29) is 0 Å². The van der Waals surface area contributed by atoms with Gasteiger partial charge < -0.3 is 15.0 Å². The fourth-order valence-electron chi connectivity index (χ4n) is 3.33. The molecule has 2 rings (SSSR count). The lowest BCUT2D eigenvalue weighted by atomic mass is 9.91. The van der Waals surface area contributed by atoms with Crippen LogP contribution in [0.5, 0.6) is 0 Å². The van der Waals surface area contributed by atoms with E-state index in [9.17, 15) is 0 Å². The molecule has 4 atom stereocenters. The van der Waals surface area contributed by atoms with Gasteiger partial charge in [-0.1, -0.05) is 6.92 Å². The van der Waals surface area contributed by atoms with Gasteiger partial charge in [-0.2, -0.15) is 0 Å². The highest BCUT2D eigenvalue weighted by molar-refractivity contribution is 4.82. The highest BCUT2D eigenvalue weighted by Gasteiger charge is 2.27. The van der Waals surface area contributed by atoms with Crippen LogP contribution in [0.3, 0.4) is 0 Å². The molecule has 2 fully saturated rings. The first-order chi connectivity index (χ1) is 8.70. The van der Waals surface area contributed by atoms with E-state index in [1.165, 1.54) is 38.9 Å². The van der Waals surface area contributed by atoms with Gasteiger partial charge in [0.15, 0.2) is 0 Å². The highest BCUT2D eigenvalue weighted by atomic mass is 16.5. The minimum absolute atomic E-state index is 0.447. The van der Waals surface area contributed by atoms with Crippen molar-refractivity contribution in [2.24, 2.45) is 11.8 Å². The van der Waals surface area contributed by atoms with Crippen molar-refractivity contribution < 1.29 is 4.74 Å². The van der Waals surface area contributed by atoms with Crippen molar-refractivity contribution in [1.82, 2.24) is 10.2 Å². The van der Waals surface area contributed by atoms with Gasteiger partial charge >= 0.3 is 0 Å². The largest absolute Gasteiger partial charge is 0.378 e. The zero-order valence-electron chi connectivity index (χ0n) is 12.3. The van der Waals surface area contributed by atoms with Crippen LogP contribution >= 0.6 is 0 Å². The second kappa shape index (κ2) is 6.88. The normalized spacial score (nSPS) is 35.8. The molecular weight excluding hydrogens is 224 g/mol. The molecule has 2 saturated heterocycles. The highest BCUT2D eigenvalue weighted by Crippen LogP contribution is 2.22. The topological polar surface area (TPSA) is 24.5 Å². The summed E-state index contributed by atoms with van der Waals surface area (Å²) in [5.41, 5.74) is 0. The van der Waals surface area contributed by atoms with E-state index in [1.807, 2.05) is 0 Å². The number of nitrogens with zero attached hydrogens (tertiary/aromatic N) is 1. The predicted molar refractivity (Wildman–Crippen MR) is 75.8 cm³/mol. The lowest BCUT2D eigenvalue weighted by Crippen LogP contribution is -2.45. The van der Waals surface area contributed by atoms with Crippen LogP contribution in [0.4, 0.5) is 0 Å². The number of ether oxygens (including phenoxy) is 1. The fourth-order valence-corrected chi connectivity index (χ4v) is 3.33. The van der Waals surface area contributed by atoms with Gasteiger partial charge in [0.1, 0.15) is 0 Å². The molecular formula is C15H30N2O. The molecule has 0 aromatic carbocycles. The first-order valence-corrected chi connectivity index (χ1v) is 7.78. The summed E-state index contributed by atoms with van der Waals surface area (Å²) in [6, 6.07) is 0.646. The predicted octanol–water partition coefficient (Wildman–Crippen LogP) is 2.12. The first kappa shape index (κ1) is 14.3. The van der Waals surface area contributed by atoms with Crippen molar-refractivity contribution in [3.05, 3.63) is 0 Å². The van der Waals surface area contributed by atoms with Crippen molar-refractivity contribution >= 4 is 0 Å². The van der Waals surface area contributed by atoms with E-state index >= 15 is 0 Å². The molecule has 0 amide bonds. The molecule has 106 valence electrons. The molecule has 2 aliphatic heterocycles. The van der Waals surface area contributed by atoms with Crippen LogP contribution in [0.1, 0.15) is 40.0 Å². The SMILES string of the molecule is CCN1CCCC(C(C)NCC2CCOC2C)C1. The van der Waals surface area contributed by atoms with Gasteiger partial charge in [-0.05, 0) is 58.0 Å². The summed E-state index contributed by atoms with van der Waals surface area (Å²) < 4.78 is 5.63. The van der Waals surface area contributed by atoms with Gasteiger partial charge in [0, 0.05) is 25.7 Å². The van der Waals surface area contributed by atoms with Crippen LogP contribution in [0.25, 0.3) is 0 Å². The van der Waals surface area contributed by atoms with Crippen molar-refractivity contribution in [2.75, 3.05) is 32.8 Å². The maximum Gasteiger partial charge on any atom is 0.0588 e. The minimum Gasteiger partial charge on any atom is -0.378 e. The number of likely N-dealkylation sites (tertiary alicyclic amines) is 1. The Morgan fingerprint density at radius 1 is 1.39 bits per heavy atom. The van der Waals surface area contributed by atoms with Gasteiger partial charge in [-0.15, -0.1) is 0 Å². The van der Waals surface area contributed by atoms with E-state index in [2.05, 4.69) is 31.0 Å². The number of hydrogen-bond acceptors (Lipinski definition) is 3. The molecule has 4 unspecified atom stereocenters. The van der Waals surface area contributed by atoms with Crippen LogP contribution < -0.4 is 5.32 Å².